The van der Waals surface area contributed by atoms with Crippen molar-refractivity contribution in [2.45, 2.75) is 39.1 Å². The molecule has 1 saturated heterocycles. The van der Waals surface area contributed by atoms with Crippen LogP contribution >= 0.6 is 0 Å². The van der Waals surface area contributed by atoms with E-state index < -0.39 is 18.0 Å². The lowest BCUT2D eigenvalue weighted by Gasteiger charge is -2.21. The van der Waals surface area contributed by atoms with Crippen molar-refractivity contribution in [1.29, 1.82) is 5.26 Å². The van der Waals surface area contributed by atoms with Gasteiger partial charge in [-0.15, -0.1) is 0 Å². The molecule has 1 atom stereocenters. The molecular formula is C20H21FN6O3. The minimum absolute atomic E-state index is 0.205. The number of hydrogen-bond donors (Lipinski definition) is 1. The fraction of sp³-hybridized carbons (Fsp3) is 0.400. The minimum atomic E-state index is -0.565. The lowest BCUT2D eigenvalue weighted by atomic mass is 10.2. The number of cyclic esters (lactones) is 1. The third-order valence-electron chi connectivity index (χ3n) is 5.12. The number of carbonyl (C=O) groups excluding carboxylic acids is 2. The van der Waals surface area contributed by atoms with E-state index in [0.717, 1.165) is 11.3 Å². The number of rotatable bonds is 6. The zero-order valence-corrected chi connectivity index (χ0v) is 16.5. The molecule has 3 heterocycles. The smallest absolute Gasteiger partial charge is 0.414 e. The molecule has 10 heteroatoms. The Balaban J connectivity index is 1.42. The number of fused-ring (bicyclic) bond motifs is 1. The number of aromatic nitrogens is 2. The first kappa shape index (κ1) is 19.7. The summed E-state index contributed by atoms with van der Waals surface area (Å²) in [6.07, 6.45) is 1.25. The lowest BCUT2D eigenvalue weighted by molar-refractivity contribution is -0.119. The highest BCUT2D eigenvalue weighted by molar-refractivity contribution is 5.90. The van der Waals surface area contributed by atoms with Gasteiger partial charge in [0.1, 0.15) is 11.9 Å². The predicted octanol–water partition coefficient (Wildman–Crippen LogP) is 1.92. The SMILES string of the molecule is CC(=O)NCC1CN(c2ccc(N3Cc4cn(CCC#N)nc4C3)c(F)c2)C(=O)O1. The fourth-order valence-electron chi connectivity index (χ4n) is 3.68. The van der Waals surface area contributed by atoms with Crippen molar-refractivity contribution in [2.24, 2.45) is 0 Å². The Morgan fingerprint density at radius 3 is 2.97 bits per heavy atom. The van der Waals surface area contributed by atoms with Crippen molar-refractivity contribution < 1.29 is 18.7 Å². The van der Waals surface area contributed by atoms with Crippen LogP contribution in [0, 0.1) is 17.1 Å². The number of anilines is 2. The van der Waals surface area contributed by atoms with Crippen molar-refractivity contribution in [1.82, 2.24) is 15.1 Å². The van der Waals surface area contributed by atoms with E-state index in [1.54, 1.807) is 16.8 Å². The van der Waals surface area contributed by atoms with Gasteiger partial charge >= 0.3 is 6.09 Å². The van der Waals surface area contributed by atoms with Crippen molar-refractivity contribution in [3.63, 3.8) is 0 Å². The number of carbonyl (C=O) groups is 2. The summed E-state index contributed by atoms with van der Waals surface area (Å²) in [6.45, 7) is 3.40. The molecule has 2 aliphatic rings. The molecule has 1 aromatic heterocycles. The van der Waals surface area contributed by atoms with Crippen LogP contribution in [0.25, 0.3) is 0 Å². The molecule has 0 radical (unpaired) electrons. The molecule has 0 saturated carbocycles. The summed E-state index contributed by atoms with van der Waals surface area (Å²) < 4.78 is 21.8. The topological polar surface area (TPSA) is 103 Å². The van der Waals surface area contributed by atoms with E-state index in [9.17, 15) is 14.0 Å². The first-order valence-corrected chi connectivity index (χ1v) is 9.64. The highest BCUT2D eigenvalue weighted by Gasteiger charge is 2.33. The van der Waals surface area contributed by atoms with Gasteiger partial charge in [0.2, 0.25) is 5.91 Å². The molecular weight excluding hydrogens is 391 g/mol. The largest absolute Gasteiger partial charge is 0.442 e. The van der Waals surface area contributed by atoms with E-state index >= 15 is 0 Å². The van der Waals surface area contributed by atoms with Gasteiger partial charge in [-0.2, -0.15) is 10.4 Å². The summed E-state index contributed by atoms with van der Waals surface area (Å²) in [5.41, 5.74) is 2.73. The van der Waals surface area contributed by atoms with Gasteiger partial charge in [0.25, 0.3) is 0 Å². The van der Waals surface area contributed by atoms with Crippen molar-refractivity contribution in [2.75, 3.05) is 22.9 Å². The van der Waals surface area contributed by atoms with Gasteiger partial charge < -0.3 is 15.0 Å². The van der Waals surface area contributed by atoms with E-state index in [1.807, 2.05) is 11.1 Å². The number of hydrogen-bond acceptors (Lipinski definition) is 6. The highest BCUT2D eigenvalue weighted by Crippen LogP contribution is 2.32. The van der Waals surface area contributed by atoms with Crippen molar-refractivity contribution in [3.05, 3.63) is 41.5 Å². The Morgan fingerprint density at radius 2 is 2.27 bits per heavy atom. The minimum Gasteiger partial charge on any atom is -0.442 e. The van der Waals surface area contributed by atoms with Crippen LogP contribution in [0.15, 0.2) is 24.4 Å². The standard InChI is InChI=1S/C20H21FN6O3/c1-13(28)23-8-16-11-27(20(29)30-16)15-3-4-19(17(21)7-15)25-9-14-10-26(6-2-5-22)24-18(14)12-25/h3-4,7,10,16H,2,6,8-9,11-12H2,1H3,(H,23,28). The molecule has 0 bridgehead atoms. The zero-order valence-electron chi connectivity index (χ0n) is 16.5. The second kappa shape index (κ2) is 8.02. The Kier molecular flexibility index (Phi) is 5.27. The Bertz CT molecular complexity index is 1010. The van der Waals surface area contributed by atoms with E-state index in [2.05, 4.69) is 16.5 Å². The second-order valence-electron chi connectivity index (χ2n) is 7.32. The Hall–Kier alpha value is -3.61. The quantitative estimate of drug-likeness (QED) is 0.778. The number of nitriles is 1. The highest BCUT2D eigenvalue weighted by atomic mass is 19.1. The molecule has 1 fully saturated rings. The molecule has 0 spiro atoms. The van der Waals surface area contributed by atoms with Crippen LogP contribution in [-0.2, 0) is 29.2 Å². The van der Waals surface area contributed by atoms with Gasteiger partial charge in [0.05, 0.1) is 55.7 Å². The maximum Gasteiger partial charge on any atom is 0.414 e. The number of amides is 2. The summed E-state index contributed by atoms with van der Waals surface area (Å²) in [7, 11) is 0. The number of halogens is 1. The van der Waals surface area contributed by atoms with Crippen LogP contribution in [-0.4, -0.2) is 41.0 Å². The van der Waals surface area contributed by atoms with Crippen LogP contribution in [0.1, 0.15) is 24.6 Å². The molecule has 1 aromatic carbocycles. The number of nitrogens with one attached hydrogen (secondary N) is 1. The number of ether oxygens (including phenoxy) is 1. The molecule has 1 unspecified atom stereocenters. The molecule has 2 aliphatic heterocycles. The van der Waals surface area contributed by atoms with Crippen LogP contribution in [0.2, 0.25) is 0 Å². The van der Waals surface area contributed by atoms with Gasteiger partial charge in [-0.25, -0.2) is 9.18 Å². The molecule has 4 rings (SSSR count). The summed E-state index contributed by atoms with van der Waals surface area (Å²) in [5.74, 6) is -0.642. The lowest BCUT2D eigenvalue weighted by Crippen LogP contribution is -2.33. The van der Waals surface area contributed by atoms with Gasteiger partial charge in [-0.3, -0.25) is 14.4 Å². The maximum absolute atomic E-state index is 14.9. The van der Waals surface area contributed by atoms with Gasteiger partial charge in [-0.1, -0.05) is 0 Å². The van der Waals surface area contributed by atoms with Gasteiger partial charge in [0.15, 0.2) is 0 Å². The summed E-state index contributed by atoms with van der Waals surface area (Å²) in [4.78, 5) is 26.4. The van der Waals surface area contributed by atoms with E-state index in [4.69, 9.17) is 10.00 Å². The van der Waals surface area contributed by atoms with Crippen LogP contribution in [0.5, 0.6) is 0 Å². The van der Waals surface area contributed by atoms with Gasteiger partial charge in [-0.05, 0) is 18.2 Å². The molecule has 2 amide bonds. The van der Waals surface area contributed by atoms with E-state index in [-0.39, 0.29) is 19.0 Å². The number of nitrogens with zero attached hydrogens (tertiary/aromatic N) is 5. The zero-order chi connectivity index (χ0) is 21.3. The molecule has 9 nitrogen and oxygen atoms in total. The van der Waals surface area contributed by atoms with E-state index in [0.29, 0.717) is 37.4 Å². The van der Waals surface area contributed by atoms with Crippen LogP contribution < -0.4 is 15.1 Å². The monoisotopic (exact) mass is 412 g/mol. The molecule has 2 aromatic rings. The third kappa shape index (κ3) is 3.91. The van der Waals surface area contributed by atoms with Crippen molar-refractivity contribution in [3.8, 4) is 6.07 Å². The molecule has 156 valence electrons. The van der Waals surface area contributed by atoms with Crippen LogP contribution in [0.3, 0.4) is 0 Å². The third-order valence-corrected chi connectivity index (χ3v) is 5.12. The summed E-state index contributed by atoms with van der Waals surface area (Å²) in [5, 5.41) is 15.8. The fourth-order valence-corrected chi connectivity index (χ4v) is 3.68. The average Bonchev–Trinajstić information content (AvgIpc) is 3.37. The second-order valence-corrected chi connectivity index (χ2v) is 7.32. The molecule has 0 aliphatic carbocycles. The first-order valence-electron chi connectivity index (χ1n) is 9.64. The van der Waals surface area contributed by atoms with Crippen molar-refractivity contribution >= 4 is 23.4 Å². The molecule has 30 heavy (non-hydrogen) atoms. The Labute approximate surface area is 172 Å². The average molecular weight is 412 g/mol. The first-order chi connectivity index (χ1) is 14.4. The van der Waals surface area contributed by atoms with Crippen LogP contribution in [0.4, 0.5) is 20.6 Å². The predicted molar refractivity (Wildman–Crippen MR) is 105 cm³/mol. The normalized spacial score (nSPS) is 17.6. The summed E-state index contributed by atoms with van der Waals surface area (Å²) >= 11 is 0. The van der Waals surface area contributed by atoms with E-state index in [1.165, 1.54) is 17.9 Å². The Morgan fingerprint density at radius 1 is 1.43 bits per heavy atom. The van der Waals surface area contributed by atoms with Gasteiger partial charge in [0, 0.05) is 25.2 Å². The summed E-state index contributed by atoms with van der Waals surface area (Å²) in [6, 6.07) is 6.75. The maximum atomic E-state index is 14.9. The number of benzene rings is 1. The number of aryl methyl sites for hydroxylation is 1. The molecule has 1 N–H and O–H groups in total.